The highest BCUT2D eigenvalue weighted by Gasteiger charge is 2.46. The van der Waals surface area contributed by atoms with E-state index in [0.29, 0.717) is 24.5 Å². The average molecular weight is 335 g/mol. The highest BCUT2D eigenvalue weighted by atomic mass is 16.5. The molecule has 0 saturated carbocycles. The van der Waals surface area contributed by atoms with Crippen LogP contribution in [0.2, 0.25) is 0 Å². The number of likely N-dealkylation sites (N-methyl/N-ethyl adjacent to an activating group) is 1. The van der Waals surface area contributed by atoms with E-state index in [1.807, 2.05) is 37.4 Å². The number of nitrogens with zero attached hydrogens (tertiary/aromatic N) is 1. The number of hydrogen-bond donors (Lipinski definition) is 0. The number of rotatable bonds is 2. The SMILES string of the molecule is COc1cc2c(cc1OC)N(C)CC1(C2)C(=O)C=Cc2ccccc21. The summed E-state index contributed by atoms with van der Waals surface area (Å²) in [5, 5.41) is 0. The molecular weight excluding hydrogens is 314 g/mol. The summed E-state index contributed by atoms with van der Waals surface area (Å²) in [5.74, 6) is 1.57. The number of ether oxygens (including phenoxy) is 2. The number of allylic oxidation sites excluding steroid dienone is 1. The fraction of sp³-hybridized carbons (Fsp3) is 0.286. The van der Waals surface area contributed by atoms with Crippen LogP contribution in [0.3, 0.4) is 0 Å². The summed E-state index contributed by atoms with van der Waals surface area (Å²) in [7, 11) is 5.30. The summed E-state index contributed by atoms with van der Waals surface area (Å²) in [6.07, 6.45) is 4.31. The summed E-state index contributed by atoms with van der Waals surface area (Å²) in [5.41, 5.74) is 3.87. The predicted molar refractivity (Wildman–Crippen MR) is 98.7 cm³/mol. The number of fused-ring (bicyclic) bond motifs is 3. The largest absolute Gasteiger partial charge is 0.493 e. The van der Waals surface area contributed by atoms with Gasteiger partial charge in [-0.15, -0.1) is 0 Å². The summed E-state index contributed by atoms with van der Waals surface area (Å²) < 4.78 is 10.9. The lowest BCUT2D eigenvalue weighted by Gasteiger charge is -2.44. The van der Waals surface area contributed by atoms with Crippen LogP contribution in [0.15, 0.2) is 42.5 Å². The Bertz CT molecular complexity index is 887. The second-order valence-electron chi connectivity index (χ2n) is 6.74. The molecule has 0 radical (unpaired) electrons. The molecule has 0 bridgehead atoms. The highest BCUT2D eigenvalue weighted by Crippen LogP contribution is 2.45. The van der Waals surface area contributed by atoms with Crippen LogP contribution in [-0.2, 0) is 16.6 Å². The lowest BCUT2D eigenvalue weighted by molar-refractivity contribution is -0.119. The second kappa shape index (κ2) is 5.66. The molecule has 1 spiro atoms. The van der Waals surface area contributed by atoms with Crippen LogP contribution in [0.25, 0.3) is 6.08 Å². The van der Waals surface area contributed by atoms with Crippen molar-refractivity contribution in [2.24, 2.45) is 0 Å². The standard InChI is InChI=1S/C21H21NO3/c1-22-13-21(16-7-5-4-6-14(16)8-9-20(21)23)12-15-10-18(24-2)19(25-3)11-17(15)22/h4-11H,12-13H2,1-3H3. The van der Waals surface area contributed by atoms with Gasteiger partial charge in [0, 0.05) is 25.3 Å². The average Bonchev–Trinajstić information content (AvgIpc) is 2.64. The van der Waals surface area contributed by atoms with Crippen LogP contribution < -0.4 is 14.4 Å². The molecule has 1 atom stereocenters. The Hall–Kier alpha value is -2.75. The molecule has 1 aliphatic heterocycles. The predicted octanol–water partition coefficient (Wildman–Crippen LogP) is 3.23. The Balaban J connectivity index is 1.89. The van der Waals surface area contributed by atoms with Gasteiger partial charge in [-0.25, -0.2) is 0 Å². The molecular formula is C21H21NO3. The molecule has 4 rings (SSSR count). The normalized spacial score (nSPS) is 21.1. The maximum atomic E-state index is 13.0. The minimum Gasteiger partial charge on any atom is -0.493 e. The molecule has 1 aliphatic carbocycles. The van der Waals surface area contributed by atoms with Gasteiger partial charge >= 0.3 is 0 Å². The quantitative estimate of drug-likeness (QED) is 0.845. The van der Waals surface area contributed by atoms with Crippen LogP contribution in [0, 0.1) is 0 Å². The first-order chi connectivity index (χ1) is 12.1. The lowest BCUT2D eigenvalue weighted by atomic mass is 9.66. The van der Waals surface area contributed by atoms with E-state index in [-0.39, 0.29) is 5.78 Å². The van der Waals surface area contributed by atoms with E-state index in [9.17, 15) is 4.79 Å². The molecule has 0 N–H and O–H groups in total. The Kier molecular flexibility index (Phi) is 3.57. The Morgan fingerprint density at radius 1 is 1.04 bits per heavy atom. The summed E-state index contributed by atoms with van der Waals surface area (Å²) in [4.78, 5) is 15.1. The van der Waals surface area contributed by atoms with Crippen molar-refractivity contribution in [3.05, 3.63) is 59.2 Å². The van der Waals surface area contributed by atoms with E-state index in [1.54, 1.807) is 20.3 Å². The Morgan fingerprint density at radius 2 is 1.76 bits per heavy atom. The maximum Gasteiger partial charge on any atom is 0.168 e. The molecule has 2 aromatic rings. The zero-order chi connectivity index (χ0) is 17.6. The zero-order valence-corrected chi connectivity index (χ0v) is 14.7. The van der Waals surface area contributed by atoms with Crippen LogP contribution >= 0.6 is 0 Å². The van der Waals surface area contributed by atoms with Crippen molar-refractivity contribution in [1.82, 2.24) is 0 Å². The third kappa shape index (κ3) is 2.24. The smallest absolute Gasteiger partial charge is 0.168 e. The van der Waals surface area contributed by atoms with Crippen LogP contribution in [0.1, 0.15) is 16.7 Å². The first-order valence-corrected chi connectivity index (χ1v) is 8.37. The Morgan fingerprint density at radius 3 is 2.52 bits per heavy atom. The number of ketones is 1. The van der Waals surface area contributed by atoms with Gasteiger partial charge in [0.25, 0.3) is 0 Å². The van der Waals surface area contributed by atoms with Gasteiger partial charge in [-0.05, 0) is 35.3 Å². The van der Waals surface area contributed by atoms with Crippen molar-refractivity contribution >= 4 is 17.5 Å². The van der Waals surface area contributed by atoms with Gasteiger partial charge in [0.1, 0.15) is 0 Å². The number of methoxy groups -OCH3 is 2. The Labute approximate surface area is 147 Å². The van der Waals surface area contributed by atoms with Crippen LogP contribution in [0.5, 0.6) is 11.5 Å². The molecule has 4 nitrogen and oxygen atoms in total. The van der Waals surface area contributed by atoms with E-state index in [4.69, 9.17) is 9.47 Å². The number of carbonyl (C=O) groups excluding carboxylic acids is 1. The van der Waals surface area contributed by atoms with Gasteiger partial charge in [0.05, 0.1) is 19.6 Å². The summed E-state index contributed by atoms with van der Waals surface area (Å²) in [6.45, 7) is 0.648. The minimum atomic E-state index is -0.549. The maximum absolute atomic E-state index is 13.0. The van der Waals surface area contributed by atoms with Crippen molar-refractivity contribution in [1.29, 1.82) is 0 Å². The van der Waals surface area contributed by atoms with E-state index in [1.165, 1.54) is 0 Å². The van der Waals surface area contributed by atoms with Crippen molar-refractivity contribution in [2.45, 2.75) is 11.8 Å². The molecule has 0 saturated heterocycles. The van der Waals surface area contributed by atoms with Gasteiger partial charge in [-0.2, -0.15) is 0 Å². The van der Waals surface area contributed by atoms with E-state index < -0.39 is 5.41 Å². The first-order valence-electron chi connectivity index (χ1n) is 8.37. The van der Waals surface area contributed by atoms with Crippen molar-refractivity contribution in [3.63, 3.8) is 0 Å². The van der Waals surface area contributed by atoms with Gasteiger partial charge in [0.2, 0.25) is 0 Å². The highest BCUT2D eigenvalue weighted by molar-refractivity contribution is 6.06. The molecule has 2 aromatic carbocycles. The second-order valence-corrected chi connectivity index (χ2v) is 6.74. The third-order valence-corrected chi connectivity index (χ3v) is 5.36. The first kappa shape index (κ1) is 15.8. The molecule has 2 aliphatic rings. The van der Waals surface area contributed by atoms with Gasteiger partial charge in [0.15, 0.2) is 17.3 Å². The molecule has 25 heavy (non-hydrogen) atoms. The number of anilines is 1. The number of hydrogen-bond acceptors (Lipinski definition) is 4. The van der Waals surface area contributed by atoms with Gasteiger partial charge in [-0.3, -0.25) is 4.79 Å². The molecule has 128 valence electrons. The van der Waals surface area contributed by atoms with Crippen LogP contribution in [0.4, 0.5) is 5.69 Å². The molecule has 0 amide bonds. The van der Waals surface area contributed by atoms with E-state index in [0.717, 1.165) is 22.4 Å². The van der Waals surface area contributed by atoms with Crippen LogP contribution in [-0.4, -0.2) is 33.6 Å². The zero-order valence-electron chi connectivity index (χ0n) is 14.7. The monoisotopic (exact) mass is 335 g/mol. The topological polar surface area (TPSA) is 38.8 Å². The van der Waals surface area contributed by atoms with E-state index in [2.05, 4.69) is 17.0 Å². The fourth-order valence-electron chi connectivity index (χ4n) is 4.16. The number of benzene rings is 2. The number of carbonyl (C=O) groups is 1. The minimum absolute atomic E-state index is 0.165. The van der Waals surface area contributed by atoms with E-state index >= 15 is 0 Å². The molecule has 4 heteroatoms. The summed E-state index contributed by atoms with van der Waals surface area (Å²) in [6, 6.07) is 12.2. The third-order valence-electron chi connectivity index (χ3n) is 5.36. The van der Waals surface area contributed by atoms with Crippen molar-refractivity contribution < 1.29 is 14.3 Å². The molecule has 1 heterocycles. The van der Waals surface area contributed by atoms with Gasteiger partial charge in [-0.1, -0.05) is 30.3 Å². The molecule has 0 aromatic heterocycles. The fourth-order valence-corrected chi connectivity index (χ4v) is 4.16. The van der Waals surface area contributed by atoms with Crippen molar-refractivity contribution in [3.8, 4) is 11.5 Å². The lowest BCUT2D eigenvalue weighted by Crippen LogP contribution is -2.51. The molecule has 0 fully saturated rings. The summed E-state index contributed by atoms with van der Waals surface area (Å²) >= 11 is 0. The van der Waals surface area contributed by atoms with Gasteiger partial charge < -0.3 is 14.4 Å². The molecule has 1 unspecified atom stereocenters. The van der Waals surface area contributed by atoms with Crippen molar-refractivity contribution in [2.75, 3.05) is 32.7 Å².